The molecular formula is C10H13NO3. The minimum Gasteiger partial charge on any atom is -0.493 e. The molecule has 76 valence electrons. The first-order valence-electron chi connectivity index (χ1n) is 4.18. The first-order chi connectivity index (χ1) is 6.81. The Morgan fingerprint density at radius 3 is 2.57 bits per heavy atom. The van der Waals surface area contributed by atoms with Gasteiger partial charge in [0.1, 0.15) is 0 Å². The van der Waals surface area contributed by atoms with Crippen molar-refractivity contribution >= 4 is 6.21 Å². The van der Waals surface area contributed by atoms with E-state index in [1.165, 1.54) is 6.21 Å². The van der Waals surface area contributed by atoms with Crippen LogP contribution in [-0.2, 0) is 6.42 Å². The second-order valence-electron chi connectivity index (χ2n) is 2.69. The molecule has 1 aromatic carbocycles. The van der Waals surface area contributed by atoms with Crippen molar-refractivity contribution in [2.45, 2.75) is 6.42 Å². The zero-order chi connectivity index (χ0) is 10.4. The van der Waals surface area contributed by atoms with Gasteiger partial charge in [-0.05, 0) is 17.7 Å². The van der Waals surface area contributed by atoms with Crippen LogP contribution in [0.5, 0.6) is 11.5 Å². The van der Waals surface area contributed by atoms with Crippen LogP contribution in [0.4, 0.5) is 0 Å². The predicted molar refractivity (Wildman–Crippen MR) is 53.5 cm³/mol. The lowest BCUT2D eigenvalue weighted by atomic mass is 10.1. The fraction of sp³-hybridized carbons (Fsp3) is 0.300. The molecule has 0 atom stereocenters. The van der Waals surface area contributed by atoms with Crippen LogP contribution in [0.2, 0.25) is 0 Å². The Balaban J connectivity index is 2.89. The van der Waals surface area contributed by atoms with Gasteiger partial charge in [0, 0.05) is 12.6 Å². The van der Waals surface area contributed by atoms with Crippen molar-refractivity contribution in [3.05, 3.63) is 23.8 Å². The second-order valence-corrected chi connectivity index (χ2v) is 2.69. The van der Waals surface area contributed by atoms with Crippen LogP contribution in [0.1, 0.15) is 5.56 Å². The van der Waals surface area contributed by atoms with Crippen LogP contribution in [-0.4, -0.2) is 25.6 Å². The zero-order valence-electron chi connectivity index (χ0n) is 8.23. The van der Waals surface area contributed by atoms with E-state index in [0.717, 1.165) is 5.56 Å². The molecule has 0 fully saturated rings. The van der Waals surface area contributed by atoms with E-state index >= 15 is 0 Å². The highest BCUT2D eigenvalue weighted by atomic mass is 16.5. The number of ether oxygens (including phenoxy) is 2. The number of benzene rings is 1. The quantitative estimate of drug-likeness (QED) is 0.452. The Labute approximate surface area is 82.8 Å². The highest BCUT2D eigenvalue weighted by Crippen LogP contribution is 2.27. The number of nitrogens with zero attached hydrogens (tertiary/aromatic N) is 1. The van der Waals surface area contributed by atoms with Crippen molar-refractivity contribution in [1.82, 2.24) is 0 Å². The SMILES string of the molecule is COc1ccc(CC=NO)cc1OC. The average molecular weight is 195 g/mol. The van der Waals surface area contributed by atoms with Gasteiger partial charge in [-0.15, -0.1) is 5.16 Å². The maximum atomic E-state index is 8.27. The van der Waals surface area contributed by atoms with Gasteiger partial charge in [0.2, 0.25) is 0 Å². The van der Waals surface area contributed by atoms with Crippen molar-refractivity contribution in [3.8, 4) is 11.5 Å². The summed E-state index contributed by atoms with van der Waals surface area (Å²) in [6, 6.07) is 5.56. The molecule has 0 aliphatic heterocycles. The van der Waals surface area contributed by atoms with E-state index in [0.29, 0.717) is 17.9 Å². The third kappa shape index (κ3) is 2.39. The minimum atomic E-state index is 0.566. The van der Waals surface area contributed by atoms with E-state index in [9.17, 15) is 0 Å². The van der Waals surface area contributed by atoms with E-state index in [1.807, 2.05) is 18.2 Å². The summed E-state index contributed by atoms with van der Waals surface area (Å²) in [5, 5.41) is 11.2. The fourth-order valence-corrected chi connectivity index (χ4v) is 1.15. The van der Waals surface area contributed by atoms with Gasteiger partial charge in [-0.2, -0.15) is 0 Å². The summed E-state index contributed by atoms with van der Waals surface area (Å²) in [7, 11) is 3.18. The van der Waals surface area contributed by atoms with Gasteiger partial charge in [-0.3, -0.25) is 0 Å². The molecule has 0 aliphatic rings. The molecule has 0 saturated heterocycles. The van der Waals surface area contributed by atoms with Crippen LogP contribution in [0.15, 0.2) is 23.4 Å². The lowest BCUT2D eigenvalue weighted by Gasteiger charge is -2.08. The van der Waals surface area contributed by atoms with Crippen LogP contribution in [0.3, 0.4) is 0 Å². The molecule has 4 nitrogen and oxygen atoms in total. The van der Waals surface area contributed by atoms with Crippen LogP contribution < -0.4 is 9.47 Å². The normalized spacial score (nSPS) is 10.4. The maximum Gasteiger partial charge on any atom is 0.160 e. The largest absolute Gasteiger partial charge is 0.493 e. The Hall–Kier alpha value is -1.71. The molecular weight excluding hydrogens is 182 g/mol. The summed E-state index contributed by atoms with van der Waals surface area (Å²) in [6.45, 7) is 0. The molecule has 0 spiro atoms. The molecule has 0 amide bonds. The lowest BCUT2D eigenvalue weighted by molar-refractivity contribution is 0.320. The summed E-state index contributed by atoms with van der Waals surface area (Å²) >= 11 is 0. The van der Waals surface area contributed by atoms with Gasteiger partial charge >= 0.3 is 0 Å². The summed E-state index contributed by atoms with van der Waals surface area (Å²) < 4.78 is 10.2. The van der Waals surface area contributed by atoms with E-state index in [4.69, 9.17) is 14.7 Å². The minimum absolute atomic E-state index is 0.566. The van der Waals surface area contributed by atoms with Crippen LogP contribution in [0.25, 0.3) is 0 Å². The average Bonchev–Trinajstić information content (AvgIpc) is 2.25. The predicted octanol–water partition coefficient (Wildman–Crippen LogP) is 1.71. The van der Waals surface area contributed by atoms with E-state index in [1.54, 1.807) is 14.2 Å². The molecule has 1 aromatic rings. The van der Waals surface area contributed by atoms with Gasteiger partial charge in [0.15, 0.2) is 11.5 Å². The Morgan fingerprint density at radius 1 is 1.29 bits per heavy atom. The van der Waals surface area contributed by atoms with E-state index < -0.39 is 0 Å². The monoisotopic (exact) mass is 195 g/mol. The van der Waals surface area contributed by atoms with Crippen molar-refractivity contribution in [1.29, 1.82) is 0 Å². The van der Waals surface area contributed by atoms with Gasteiger partial charge in [-0.25, -0.2) is 0 Å². The molecule has 0 aliphatic carbocycles. The number of rotatable bonds is 4. The summed E-state index contributed by atoms with van der Waals surface area (Å²) in [5.74, 6) is 1.37. The molecule has 0 saturated carbocycles. The number of hydrogen-bond acceptors (Lipinski definition) is 4. The molecule has 14 heavy (non-hydrogen) atoms. The lowest BCUT2D eigenvalue weighted by Crippen LogP contribution is -1.93. The van der Waals surface area contributed by atoms with Crippen molar-refractivity contribution < 1.29 is 14.7 Å². The standard InChI is InChI=1S/C10H13NO3/c1-13-9-4-3-8(5-6-11-12)7-10(9)14-2/h3-4,6-7,12H,5H2,1-2H3. The molecule has 1 N–H and O–H groups in total. The molecule has 0 bridgehead atoms. The van der Waals surface area contributed by atoms with Crippen LogP contribution in [0, 0.1) is 0 Å². The number of methoxy groups -OCH3 is 2. The van der Waals surface area contributed by atoms with E-state index in [2.05, 4.69) is 5.16 Å². The van der Waals surface area contributed by atoms with Crippen molar-refractivity contribution in [2.24, 2.45) is 5.16 Å². The fourth-order valence-electron chi connectivity index (χ4n) is 1.15. The van der Waals surface area contributed by atoms with Gasteiger partial charge in [-0.1, -0.05) is 6.07 Å². The smallest absolute Gasteiger partial charge is 0.160 e. The zero-order valence-corrected chi connectivity index (χ0v) is 8.23. The first-order valence-corrected chi connectivity index (χ1v) is 4.18. The van der Waals surface area contributed by atoms with Crippen molar-refractivity contribution in [2.75, 3.05) is 14.2 Å². The number of oxime groups is 1. The highest BCUT2D eigenvalue weighted by Gasteiger charge is 2.03. The van der Waals surface area contributed by atoms with Gasteiger partial charge in [0.05, 0.1) is 14.2 Å². The molecule has 4 heteroatoms. The maximum absolute atomic E-state index is 8.27. The Morgan fingerprint density at radius 2 is 2.00 bits per heavy atom. The van der Waals surface area contributed by atoms with Gasteiger partial charge < -0.3 is 14.7 Å². The summed E-state index contributed by atoms with van der Waals surface area (Å²) in [5.41, 5.74) is 1.00. The van der Waals surface area contributed by atoms with Crippen molar-refractivity contribution in [3.63, 3.8) is 0 Å². The Bertz CT molecular complexity index is 323. The van der Waals surface area contributed by atoms with Gasteiger partial charge in [0.25, 0.3) is 0 Å². The molecule has 0 heterocycles. The topological polar surface area (TPSA) is 51.0 Å². The molecule has 0 unspecified atom stereocenters. The molecule has 1 rings (SSSR count). The highest BCUT2D eigenvalue weighted by molar-refractivity contribution is 5.61. The summed E-state index contributed by atoms with van der Waals surface area (Å²) in [6.07, 6.45) is 1.98. The molecule has 0 radical (unpaired) electrons. The molecule has 0 aromatic heterocycles. The summed E-state index contributed by atoms with van der Waals surface area (Å²) in [4.78, 5) is 0. The third-order valence-electron chi connectivity index (χ3n) is 1.86. The Kier molecular flexibility index (Phi) is 3.79. The third-order valence-corrected chi connectivity index (χ3v) is 1.86. The van der Waals surface area contributed by atoms with Crippen LogP contribution >= 0.6 is 0 Å². The number of hydrogen-bond donors (Lipinski definition) is 1. The first kappa shape index (κ1) is 10.4. The second kappa shape index (κ2) is 5.11. The van der Waals surface area contributed by atoms with E-state index in [-0.39, 0.29) is 0 Å².